The van der Waals surface area contributed by atoms with Crippen LogP contribution in [0.1, 0.15) is 21.1 Å². The summed E-state index contributed by atoms with van der Waals surface area (Å²) < 4.78 is 0. The number of carbonyl (C=O) groups is 1. The Labute approximate surface area is 123 Å². The molecule has 0 spiro atoms. The number of nitrogens with zero attached hydrogens (tertiary/aromatic N) is 1. The van der Waals surface area contributed by atoms with Gasteiger partial charge in [0.1, 0.15) is 0 Å². The van der Waals surface area contributed by atoms with Gasteiger partial charge < -0.3 is 11.1 Å². The SMILES string of the molecule is Cc1nc(C)c(CCNC(=O)Cc2ccc(N)cc2)s1. The van der Waals surface area contributed by atoms with Crippen LogP contribution in [0.2, 0.25) is 0 Å². The van der Waals surface area contributed by atoms with E-state index in [2.05, 4.69) is 10.3 Å². The fourth-order valence-corrected chi connectivity index (χ4v) is 2.94. The summed E-state index contributed by atoms with van der Waals surface area (Å²) in [5, 5.41) is 4.01. The first-order valence-electron chi connectivity index (χ1n) is 6.58. The maximum atomic E-state index is 11.8. The lowest BCUT2D eigenvalue weighted by Crippen LogP contribution is -2.27. The molecule has 1 amide bonds. The van der Waals surface area contributed by atoms with Gasteiger partial charge in [0.15, 0.2) is 0 Å². The zero-order valence-electron chi connectivity index (χ0n) is 11.8. The van der Waals surface area contributed by atoms with E-state index < -0.39 is 0 Å². The van der Waals surface area contributed by atoms with Gasteiger partial charge in [0, 0.05) is 23.5 Å². The lowest BCUT2D eigenvalue weighted by atomic mass is 10.1. The molecule has 0 aliphatic heterocycles. The average molecular weight is 289 g/mol. The highest BCUT2D eigenvalue weighted by atomic mass is 32.1. The second-order valence-corrected chi connectivity index (χ2v) is 6.05. The molecule has 0 unspecified atom stereocenters. The molecule has 0 saturated carbocycles. The zero-order valence-corrected chi connectivity index (χ0v) is 12.6. The lowest BCUT2D eigenvalue weighted by Gasteiger charge is -2.05. The van der Waals surface area contributed by atoms with E-state index in [9.17, 15) is 4.79 Å². The predicted molar refractivity (Wildman–Crippen MR) is 82.9 cm³/mol. The third-order valence-corrected chi connectivity index (χ3v) is 4.15. The molecule has 0 radical (unpaired) electrons. The second kappa shape index (κ2) is 6.52. The van der Waals surface area contributed by atoms with E-state index in [4.69, 9.17) is 5.73 Å². The number of rotatable bonds is 5. The number of aromatic nitrogens is 1. The van der Waals surface area contributed by atoms with Crippen LogP contribution in [0, 0.1) is 13.8 Å². The number of carbonyl (C=O) groups excluding carboxylic acids is 1. The van der Waals surface area contributed by atoms with Crippen molar-refractivity contribution in [3.8, 4) is 0 Å². The molecule has 2 rings (SSSR count). The monoisotopic (exact) mass is 289 g/mol. The van der Waals surface area contributed by atoms with Gasteiger partial charge in [-0.05, 0) is 31.5 Å². The number of nitrogens with two attached hydrogens (primary N) is 1. The summed E-state index contributed by atoms with van der Waals surface area (Å²) in [6, 6.07) is 7.38. The van der Waals surface area contributed by atoms with E-state index in [1.54, 1.807) is 11.3 Å². The van der Waals surface area contributed by atoms with Crippen molar-refractivity contribution in [2.45, 2.75) is 26.7 Å². The minimum Gasteiger partial charge on any atom is -0.399 e. The second-order valence-electron chi connectivity index (χ2n) is 4.76. The minimum atomic E-state index is 0.0358. The van der Waals surface area contributed by atoms with E-state index >= 15 is 0 Å². The van der Waals surface area contributed by atoms with Crippen molar-refractivity contribution in [2.24, 2.45) is 0 Å². The van der Waals surface area contributed by atoms with Crippen molar-refractivity contribution in [2.75, 3.05) is 12.3 Å². The summed E-state index contributed by atoms with van der Waals surface area (Å²) in [4.78, 5) is 17.4. The topological polar surface area (TPSA) is 68.0 Å². The number of hydrogen-bond acceptors (Lipinski definition) is 4. The standard InChI is InChI=1S/C15H19N3OS/c1-10-14(20-11(2)18-10)7-8-17-15(19)9-12-3-5-13(16)6-4-12/h3-6H,7-9,16H2,1-2H3,(H,17,19). The quantitative estimate of drug-likeness (QED) is 0.830. The Kier molecular flexibility index (Phi) is 4.74. The number of nitrogens with one attached hydrogen (secondary N) is 1. The molecule has 0 atom stereocenters. The van der Waals surface area contributed by atoms with E-state index in [0.29, 0.717) is 18.7 Å². The molecule has 1 aromatic carbocycles. The smallest absolute Gasteiger partial charge is 0.224 e. The van der Waals surface area contributed by atoms with Crippen LogP contribution in [0.25, 0.3) is 0 Å². The minimum absolute atomic E-state index is 0.0358. The van der Waals surface area contributed by atoms with E-state index in [1.165, 1.54) is 4.88 Å². The number of amides is 1. The third-order valence-electron chi connectivity index (χ3n) is 3.02. The number of nitrogen functional groups attached to an aromatic ring is 1. The largest absolute Gasteiger partial charge is 0.399 e. The molecule has 0 bridgehead atoms. The maximum absolute atomic E-state index is 11.8. The third kappa shape index (κ3) is 4.06. The van der Waals surface area contributed by atoms with Crippen molar-refractivity contribution < 1.29 is 4.79 Å². The molecule has 1 aromatic heterocycles. The first-order valence-corrected chi connectivity index (χ1v) is 7.40. The van der Waals surface area contributed by atoms with Gasteiger partial charge in [0.05, 0.1) is 17.1 Å². The molecule has 2 aromatic rings. The number of benzene rings is 1. The van der Waals surface area contributed by atoms with Gasteiger partial charge in [0.25, 0.3) is 0 Å². The Hall–Kier alpha value is -1.88. The molecule has 106 valence electrons. The van der Waals surface area contributed by atoms with Gasteiger partial charge in [0.2, 0.25) is 5.91 Å². The predicted octanol–water partition coefficient (Wildman–Crippen LogP) is 2.24. The Morgan fingerprint density at radius 2 is 2.00 bits per heavy atom. The Morgan fingerprint density at radius 3 is 2.60 bits per heavy atom. The normalized spacial score (nSPS) is 10.5. The molecule has 4 nitrogen and oxygen atoms in total. The molecule has 0 fully saturated rings. The van der Waals surface area contributed by atoms with Crippen LogP contribution in [0.5, 0.6) is 0 Å². The van der Waals surface area contributed by atoms with Crippen molar-refractivity contribution in [3.63, 3.8) is 0 Å². The van der Waals surface area contributed by atoms with Crippen molar-refractivity contribution in [3.05, 3.63) is 45.4 Å². The number of anilines is 1. The molecule has 5 heteroatoms. The van der Waals surface area contributed by atoms with Crippen LogP contribution in [-0.2, 0) is 17.6 Å². The van der Waals surface area contributed by atoms with Crippen LogP contribution in [-0.4, -0.2) is 17.4 Å². The van der Waals surface area contributed by atoms with Crippen LogP contribution in [0.15, 0.2) is 24.3 Å². The van der Waals surface area contributed by atoms with Gasteiger partial charge in [-0.15, -0.1) is 11.3 Å². The summed E-state index contributed by atoms with van der Waals surface area (Å²) >= 11 is 1.70. The summed E-state index contributed by atoms with van der Waals surface area (Å²) in [5.41, 5.74) is 8.37. The number of aryl methyl sites for hydroxylation is 2. The Balaban J connectivity index is 1.78. The van der Waals surface area contributed by atoms with Crippen LogP contribution in [0.3, 0.4) is 0 Å². The fraction of sp³-hybridized carbons (Fsp3) is 0.333. The average Bonchev–Trinajstić information content (AvgIpc) is 2.71. The molecule has 1 heterocycles. The molecule has 3 N–H and O–H groups in total. The van der Waals surface area contributed by atoms with E-state index in [1.807, 2.05) is 38.1 Å². The molecule has 0 aliphatic rings. The Morgan fingerprint density at radius 1 is 1.30 bits per heavy atom. The molecule has 0 aliphatic carbocycles. The maximum Gasteiger partial charge on any atom is 0.224 e. The summed E-state index contributed by atoms with van der Waals surface area (Å²) in [6.45, 7) is 4.66. The van der Waals surface area contributed by atoms with Crippen molar-refractivity contribution in [1.29, 1.82) is 0 Å². The van der Waals surface area contributed by atoms with Gasteiger partial charge >= 0.3 is 0 Å². The van der Waals surface area contributed by atoms with Crippen molar-refractivity contribution >= 4 is 22.9 Å². The fourth-order valence-electron chi connectivity index (χ4n) is 2.00. The lowest BCUT2D eigenvalue weighted by molar-refractivity contribution is -0.120. The molecular formula is C15H19N3OS. The van der Waals surface area contributed by atoms with Gasteiger partial charge in [-0.2, -0.15) is 0 Å². The highest BCUT2D eigenvalue weighted by Crippen LogP contribution is 2.17. The van der Waals surface area contributed by atoms with Gasteiger partial charge in [-0.1, -0.05) is 12.1 Å². The molecule has 0 saturated heterocycles. The highest BCUT2D eigenvalue weighted by molar-refractivity contribution is 7.11. The summed E-state index contributed by atoms with van der Waals surface area (Å²) in [7, 11) is 0. The first kappa shape index (κ1) is 14.5. The number of hydrogen-bond donors (Lipinski definition) is 2. The van der Waals surface area contributed by atoms with Crippen LogP contribution >= 0.6 is 11.3 Å². The summed E-state index contributed by atoms with van der Waals surface area (Å²) in [5.74, 6) is 0.0358. The molecule has 20 heavy (non-hydrogen) atoms. The highest BCUT2D eigenvalue weighted by Gasteiger charge is 2.06. The zero-order chi connectivity index (χ0) is 14.5. The van der Waals surface area contributed by atoms with Gasteiger partial charge in [-0.3, -0.25) is 4.79 Å². The summed E-state index contributed by atoms with van der Waals surface area (Å²) in [6.07, 6.45) is 1.23. The molecular weight excluding hydrogens is 270 g/mol. The van der Waals surface area contributed by atoms with Crippen LogP contribution < -0.4 is 11.1 Å². The van der Waals surface area contributed by atoms with E-state index in [-0.39, 0.29) is 5.91 Å². The number of thiazole rings is 1. The Bertz CT molecular complexity index is 590. The van der Waals surface area contributed by atoms with Crippen molar-refractivity contribution in [1.82, 2.24) is 10.3 Å². The van der Waals surface area contributed by atoms with E-state index in [0.717, 1.165) is 22.7 Å². The van der Waals surface area contributed by atoms with Crippen LogP contribution in [0.4, 0.5) is 5.69 Å². The van der Waals surface area contributed by atoms with Gasteiger partial charge in [-0.25, -0.2) is 4.98 Å². The first-order chi connectivity index (χ1) is 9.54.